The molecule has 12 heavy (non-hydrogen) atoms. The Labute approximate surface area is 77.8 Å². The molecule has 1 atom stereocenters. The smallest absolute Gasteiger partial charge is 0.0940 e. The van der Waals surface area contributed by atoms with Crippen molar-refractivity contribution >= 4 is 11.3 Å². The van der Waals surface area contributed by atoms with Crippen LogP contribution in [-0.2, 0) is 6.42 Å². The van der Waals surface area contributed by atoms with Crippen molar-refractivity contribution in [1.82, 2.24) is 4.98 Å². The van der Waals surface area contributed by atoms with Gasteiger partial charge in [-0.2, -0.15) is 0 Å². The van der Waals surface area contributed by atoms with Crippen molar-refractivity contribution in [2.24, 2.45) is 11.7 Å². The number of aromatic nitrogens is 1. The predicted octanol–water partition coefficient (Wildman–Crippen LogP) is 2.06. The molecule has 0 aliphatic heterocycles. The van der Waals surface area contributed by atoms with Gasteiger partial charge in [0, 0.05) is 24.0 Å². The van der Waals surface area contributed by atoms with Crippen molar-refractivity contribution in [3.8, 4) is 0 Å². The first-order valence-corrected chi connectivity index (χ1v) is 5.20. The van der Waals surface area contributed by atoms with Crippen LogP contribution in [0, 0.1) is 5.92 Å². The predicted molar refractivity (Wildman–Crippen MR) is 53.2 cm³/mol. The summed E-state index contributed by atoms with van der Waals surface area (Å²) < 4.78 is 0. The van der Waals surface area contributed by atoms with E-state index in [1.165, 1.54) is 0 Å². The van der Waals surface area contributed by atoms with Crippen LogP contribution in [0.5, 0.6) is 0 Å². The molecule has 1 heterocycles. The monoisotopic (exact) mass is 184 g/mol. The van der Waals surface area contributed by atoms with Crippen molar-refractivity contribution in [1.29, 1.82) is 0 Å². The molecule has 0 saturated carbocycles. The van der Waals surface area contributed by atoms with Crippen LogP contribution in [0.2, 0.25) is 0 Å². The molecule has 0 aliphatic rings. The van der Waals surface area contributed by atoms with Crippen molar-refractivity contribution in [2.75, 3.05) is 0 Å². The van der Waals surface area contributed by atoms with E-state index in [2.05, 4.69) is 18.8 Å². The summed E-state index contributed by atoms with van der Waals surface area (Å²) in [7, 11) is 0. The molecule has 0 fully saturated rings. The fourth-order valence-electron chi connectivity index (χ4n) is 1.27. The molecule has 0 amide bonds. The van der Waals surface area contributed by atoms with Gasteiger partial charge in [-0.15, -0.1) is 11.3 Å². The molecule has 1 aromatic heterocycles. The summed E-state index contributed by atoms with van der Waals surface area (Å²) in [5.41, 5.74) is 5.93. The fraction of sp³-hybridized carbons (Fsp3) is 0.667. The summed E-state index contributed by atoms with van der Waals surface area (Å²) in [4.78, 5) is 4.20. The molecule has 0 aromatic carbocycles. The Morgan fingerprint density at radius 1 is 1.58 bits per heavy atom. The molecule has 1 rings (SSSR count). The van der Waals surface area contributed by atoms with E-state index in [0.29, 0.717) is 5.92 Å². The van der Waals surface area contributed by atoms with Gasteiger partial charge in [0.1, 0.15) is 0 Å². The van der Waals surface area contributed by atoms with Crippen LogP contribution in [-0.4, -0.2) is 11.0 Å². The van der Waals surface area contributed by atoms with Crippen LogP contribution in [0.15, 0.2) is 11.6 Å². The van der Waals surface area contributed by atoms with E-state index in [4.69, 9.17) is 5.73 Å². The maximum atomic E-state index is 5.93. The van der Waals surface area contributed by atoms with Crippen LogP contribution in [0.1, 0.15) is 25.3 Å². The Morgan fingerprint density at radius 2 is 2.33 bits per heavy atom. The van der Waals surface area contributed by atoms with E-state index in [-0.39, 0.29) is 6.04 Å². The van der Waals surface area contributed by atoms with Gasteiger partial charge in [-0.25, -0.2) is 4.98 Å². The number of nitrogens with zero attached hydrogens (tertiary/aromatic N) is 1. The summed E-state index contributed by atoms with van der Waals surface area (Å²) in [6, 6.07) is 0.274. The van der Waals surface area contributed by atoms with Gasteiger partial charge in [0.2, 0.25) is 0 Å². The maximum Gasteiger partial charge on any atom is 0.0940 e. The van der Waals surface area contributed by atoms with Gasteiger partial charge >= 0.3 is 0 Å². The van der Waals surface area contributed by atoms with Crippen molar-refractivity contribution in [3.05, 3.63) is 16.6 Å². The number of thiazole rings is 1. The number of hydrogen-bond acceptors (Lipinski definition) is 3. The van der Waals surface area contributed by atoms with Crippen LogP contribution in [0.3, 0.4) is 0 Å². The topological polar surface area (TPSA) is 38.9 Å². The molecule has 0 bridgehead atoms. The van der Waals surface area contributed by atoms with Crippen LogP contribution in [0.25, 0.3) is 0 Å². The molecule has 68 valence electrons. The zero-order valence-corrected chi connectivity index (χ0v) is 8.47. The molecule has 0 saturated heterocycles. The van der Waals surface area contributed by atoms with E-state index in [9.17, 15) is 0 Å². The number of nitrogens with two attached hydrogens (primary N) is 1. The van der Waals surface area contributed by atoms with E-state index in [1.807, 2.05) is 11.6 Å². The number of hydrogen-bond donors (Lipinski definition) is 1. The van der Waals surface area contributed by atoms with Gasteiger partial charge in [0.05, 0.1) is 5.01 Å². The first kappa shape index (κ1) is 9.68. The van der Waals surface area contributed by atoms with Crippen molar-refractivity contribution in [2.45, 2.75) is 32.7 Å². The Balaban J connectivity index is 2.32. The highest BCUT2D eigenvalue weighted by Gasteiger charge is 2.07. The third-order valence-corrected chi connectivity index (χ3v) is 2.50. The summed E-state index contributed by atoms with van der Waals surface area (Å²) >= 11 is 1.69. The SMILES string of the molecule is CC(C)CC(N)Cc1nccs1. The summed E-state index contributed by atoms with van der Waals surface area (Å²) in [5.74, 6) is 0.681. The van der Waals surface area contributed by atoms with E-state index >= 15 is 0 Å². The van der Waals surface area contributed by atoms with Crippen LogP contribution >= 0.6 is 11.3 Å². The molecule has 0 spiro atoms. The lowest BCUT2D eigenvalue weighted by Gasteiger charge is -2.11. The van der Waals surface area contributed by atoms with E-state index < -0.39 is 0 Å². The lowest BCUT2D eigenvalue weighted by atomic mass is 10.0. The van der Waals surface area contributed by atoms with E-state index in [1.54, 1.807) is 11.3 Å². The third-order valence-electron chi connectivity index (χ3n) is 1.69. The average Bonchev–Trinajstić information content (AvgIpc) is 2.37. The second-order valence-electron chi connectivity index (χ2n) is 3.52. The summed E-state index contributed by atoms with van der Waals surface area (Å²) in [6.07, 6.45) is 3.84. The van der Waals surface area contributed by atoms with Gasteiger partial charge < -0.3 is 5.73 Å². The maximum absolute atomic E-state index is 5.93. The van der Waals surface area contributed by atoms with Gasteiger partial charge in [-0.05, 0) is 12.3 Å². The fourth-order valence-corrected chi connectivity index (χ4v) is 1.98. The quantitative estimate of drug-likeness (QED) is 0.778. The van der Waals surface area contributed by atoms with Gasteiger partial charge in [-0.1, -0.05) is 13.8 Å². The van der Waals surface area contributed by atoms with E-state index in [0.717, 1.165) is 17.8 Å². The first-order valence-electron chi connectivity index (χ1n) is 4.32. The second-order valence-corrected chi connectivity index (χ2v) is 4.50. The highest BCUT2D eigenvalue weighted by atomic mass is 32.1. The van der Waals surface area contributed by atoms with Gasteiger partial charge in [-0.3, -0.25) is 0 Å². The Hall–Kier alpha value is -0.410. The Kier molecular flexibility index (Phi) is 3.69. The normalized spacial score (nSPS) is 13.7. The minimum absolute atomic E-state index is 0.274. The first-order chi connectivity index (χ1) is 5.68. The molecule has 0 aliphatic carbocycles. The molecule has 0 radical (unpaired) electrons. The lowest BCUT2D eigenvalue weighted by molar-refractivity contribution is 0.493. The molecule has 3 heteroatoms. The largest absolute Gasteiger partial charge is 0.327 e. The molecular formula is C9H16N2S. The minimum atomic E-state index is 0.274. The van der Waals surface area contributed by atoms with Gasteiger partial charge in [0.15, 0.2) is 0 Å². The Bertz CT molecular complexity index is 206. The number of rotatable bonds is 4. The minimum Gasteiger partial charge on any atom is -0.327 e. The summed E-state index contributed by atoms with van der Waals surface area (Å²) in [6.45, 7) is 4.39. The standard InChI is InChI=1S/C9H16N2S/c1-7(2)5-8(10)6-9-11-3-4-12-9/h3-4,7-8H,5-6,10H2,1-2H3. The van der Waals surface area contributed by atoms with Crippen molar-refractivity contribution in [3.63, 3.8) is 0 Å². The summed E-state index contributed by atoms with van der Waals surface area (Å²) in [5, 5.41) is 3.15. The van der Waals surface area contributed by atoms with Gasteiger partial charge in [0.25, 0.3) is 0 Å². The van der Waals surface area contributed by atoms with Crippen LogP contribution < -0.4 is 5.73 Å². The van der Waals surface area contributed by atoms with Crippen LogP contribution in [0.4, 0.5) is 0 Å². The molecular weight excluding hydrogens is 168 g/mol. The Morgan fingerprint density at radius 3 is 2.83 bits per heavy atom. The third kappa shape index (κ3) is 3.32. The van der Waals surface area contributed by atoms with Crippen molar-refractivity contribution < 1.29 is 0 Å². The highest BCUT2D eigenvalue weighted by molar-refractivity contribution is 7.09. The second kappa shape index (κ2) is 4.58. The molecule has 2 nitrogen and oxygen atoms in total. The highest BCUT2D eigenvalue weighted by Crippen LogP contribution is 2.10. The molecule has 1 unspecified atom stereocenters. The zero-order chi connectivity index (χ0) is 8.97. The molecule has 2 N–H and O–H groups in total. The lowest BCUT2D eigenvalue weighted by Crippen LogP contribution is -2.24. The molecule has 1 aromatic rings. The average molecular weight is 184 g/mol. The zero-order valence-electron chi connectivity index (χ0n) is 7.66.